The third-order valence-corrected chi connectivity index (χ3v) is 4.44. The van der Waals surface area contributed by atoms with E-state index in [1.165, 1.54) is 6.21 Å². The second-order valence-electron chi connectivity index (χ2n) is 5.93. The Labute approximate surface area is 157 Å². The maximum atomic E-state index is 12.5. The van der Waals surface area contributed by atoms with Crippen LogP contribution in [0.2, 0.25) is 0 Å². The van der Waals surface area contributed by atoms with Gasteiger partial charge in [0.05, 0.1) is 20.4 Å². The number of nitrogens with zero attached hydrogens (tertiary/aromatic N) is 2. The van der Waals surface area contributed by atoms with E-state index in [9.17, 15) is 10.1 Å². The van der Waals surface area contributed by atoms with Gasteiger partial charge in [-0.25, -0.2) is 5.43 Å². The lowest BCUT2D eigenvalue weighted by Crippen LogP contribution is -2.20. The summed E-state index contributed by atoms with van der Waals surface area (Å²) in [6.07, 6.45) is 2.97. The molecule has 1 aliphatic carbocycles. The molecular formula is C21H19N3O3. The number of rotatable bonds is 5. The van der Waals surface area contributed by atoms with E-state index in [-0.39, 0.29) is 5.57 Å². The molecule has 6 nitrogen and oxygen atoms in total. The highest BCUT2D eigenvalue weighted by molar-refractivity contribution is 6.06. The van der Waals surface area contributed by atoms with Crippen molar-refractivity contribution in [3.63, 3.8) is 0 Å². The Kier molecular flexibility index (Phi) is 5.53. The van der Waals surface area contributed by atoms with Crippen LogP contribution < -0.4 is 14.9 Å². The molecule has 3 rings (SSSR count). The maximum absolute atomic E-state index is 12.5. The van der Waals surface area contributed by atoms with Crippen LogP contribution in [0.15, 0.2) is 53.1 Å². The minimum absolute atomic E-state index is 0.0961. The highest BCUT2D eigenvalue weighted by Crippen LogP contribution is 2.34. The van der Waals surface area contributed by atoms with Gasteiger partial charge in [-0.3, -0.25) is 4.79 Å². The maximum Gasteiger partial charge on any atom is 0.282 e. The molecule has 1 aliphatic rings. The van der Waals surface area contributed by atoms with Gasteiger partial charge < -0.3 is 9.47 Å². The standard InChI is InChI=1S/C21H19N3O3/c1-26-16-9-7-15(20(11-16)27-2)13-23-24-21(25)19(12-22)18-10-8-14-5-3-4-6-17(14)18/h3-7,9,11,13H,8,10H2,1-2H3,(H,24,25)/b19-18+,23-13-. The average Bonchev–Trinajstić information content (AvgIpc) is 3.13. The average molecular weight is 361 g/mol. The predicted molar refractivity (Wildman–Crippen MR) is 103 cm³/mol. The first-order valence-corrected chi connectivity index (χ1v) is 8.45. The van der Waals surface area contributed by atoms with Crippen molar-refractivity contribution in [2.45, 2.75) is 12.8 Å². The molecule has 0 saturated carbocycles. The number of amides is 1. The number of carbonyl (C=O) groups is 1. The summed E-state index contributed by atoms with van der Waals surface area (Å²) < 4.78 is 10.4. The summed E-state index contributed by atoms with van der Waals surface area (Å²) in [5, 5.41) is 13.5. The summed E-state index contributed by atoms with van der Waals surface area (Å²) >= 11 is 0. The predicted octanol–water partition coefficient (Wildman–Crippen LogP) is 3.08. The largest absolute Gasteiger partial charge is 0.497 e. The highest BCUT2D eigenvalue weighted by atomic mass is 16.5. The van der Waals surface area contributed by atoms with Gasteiger partial charge in [-0.1, -0.05) is 24.3 Å². The van der Waals surface area contributed by atoms with Crippen LogP contribution in [-0.4, -0.2) is 26.3 Å². The molecule has 0 heterocycles. The first-order chi connectivity index (χ1) is 13.2. The lowest BCUT2D eigenvalue weighted by Gasteiger charge is -2.07. The number of allylic oxidation sites excluding steroid dienone is 1. The van der Waals surface area contributed by atoms with E-state index in [1.54, 1.807) is 32.4 Å². The van der Waals surface area contributed by atoms with Gasteiger partial charge in [0.2, 0.25) is 0 Å². The van der Waals surface area contributed by atoms with E-state index in [1.807, 2.05) is 30.3 Å². The lowest BCUT2D eigenvalue weighted by molar-refractivity contribution is -0.117. The van der Waals surface area contributed by atoms with E-state index in [0.29, 0.717) is 23.5 Å². The fourth-order valence-corrected chi connectivity index (χ4v) is 3.08. The zero-order valence-electron chi connectivity index (χ0n) is 15.2. The molecule has 27 heavy (non-hydrogen) atoms. The fraction of sp³-hybridized carbons (Fsp3) is 0.190. The molecule has 0 aromatic heterocycles. The van der Waals surface area contributed by atoms with Gasteiger partial charge in [0, 0.05) is 11.6 Å². The molecule has 0 bridgehead atoms. The van der Waals surface area contributed by atoms with Crippen molar-refractivity contribution in [1.82, 2.24) is 5.43 Å². The van der Waals surface area contributed by atoms with Crippen molar-refractivity contribution >= 4 is 17.7 Å². The van der Waals surface area contributed by atoms with E-state index in [2.05, 4.69) is 10.5 Å². The molecule has 0 saturated heterocycles. The van der Waals surface area contributed by atoms with Crippen molar-refractivity contribution in [3.8, 4) is 17.6 Å². The second-order valence-corrected chi connectivity index (χ2v) is 5.93. The van der Waals surface area contributed by atoms with E-state index >= 15 is 0 Å². The van der Waals surface area contributed by atoms with Crippen molar-refractivity contribution in [1.29, 1.82) is 5.26 Å². The number of ether oxygens (including phenoxy) is 2. The van der Waals surface area contributed by atoms with Crippen LogP contribution in [0.4, 0.5) is 0 Å². The molecule has 0 fully saturated rings. The van der Waals surface area contributed by atoms with Gasteiger partial charge in [0.25, 0.3) is 5.91 Å². The molecule has 0 unspecified atom stereocenters. The number of aryl methyl sites for hydroxylation is 1. The summed E-state index contributed by atoms with van der Waals surface area (Å²) in [6, 6.07) is 15.1. The van der Waals surface area contributed by atoms with Gasteiger partial charge in [-0.05, 0) is 41.7 Å². The van der Waals surface area contributed by atoms with Gasteiger partial charge in [-0.2, -0.15) is 10.4 Å². The first kappa shape index (κ1) is 18.2. The number of benzene rings is 2. The topological polar surface area (TPSA) is 83.7 Å². The molecule has 1 N–H and O–H groups in total. The fourth-order valence-electron chi connectivity index (χ4n) is 3.08. The Morgan fingerprint density at radius 3 is 2.74 bits per heavy atom. The Morgan fingerprint density at radius 1 is 1.19 bits per heavy atom. The van der Waals surface area contributed by atoms with Gasteiger partial charge >= 0.3 is 0 Å². The molecular weight excluding hydrogens is 342 g/mol. The summed E-state index contributed by atoms with van der Waals surface area (Å²) in [6.45, 7) is 0. The Bertz CT molecular complexity index is 971. The van der Waals surface area contributed by atoms with Gasteiger partial charge in [0.1, 0.15) is 23.1 Å². The molecule has 6 heteroatoms. The molecule has 136 valence electrons. The smallest absolute Gasteiger partial charge is 0.282 e. The molecule has 2 aromatic carbocycles. The third-order valence-electron chi connectivity index (χ3n) is 4.44. The van der Waals surface area contributed by atoms with Gasteiger partial charge in [0.15, 0.2) is 0 Å². The monoisotopic (exact) mass is 361 g/mol. The van der Waals surface area contributed by atoms with Crippen molar-refractivity contribution in [3.05, 3.63) is 64.7 Å². The number of hydrogen-bond donors (Lipinski definition) is 1. The van der Waals surface area contributed by atoms with Gasteiger partial charge in [-0.15, -0.1) is 0 Å². The number of nitrogens with one attached hydrogen (secondary N) is 1. The molecule has 2 aromatic rings. The van der Waals surface area contributed by atoms with E-state index in [4.69, 9.17) is 9.47 Å². The second kappa shape index (κ2) is 8.19. The molecule has 0 aliphatic heterocycles. The summed E-state index contributed by atoms with van der Waals surface area (Å²) in [4.78, 5) is 12.5. The highest BCUT2D eigenvalue weighted by Gasteiger charge is 2.23. The number of hydrogen-bond acceptors (Lipinski definition) is 5. The van der Waals surface area contributed by atoms with Crippen LogP contribution >= 0.6 is 0 Å². The number of carbonyl (C=O) groups excluding carboxylic acids is 1. The number of fused-ring (bicyclic) bond motifs is 1. The number of hydrazone groups is 1. The molecule has 0 radical (unpaired) electrons. The van der Waals surface area contributed by atoms with Crippen molar-refractivity contribution in [2.75, 3.05) is 14.2 Å². The number of methoxy groups -OCH3 is 2. The third kappa shape index (κ3) is 3.82. The normalized spacial score (nSPS) is 14.4. The van der Waals surface area contributed by atoms with E-state index in [0.717, 1.165) is 23.1 Å². The summed E-state index contributed by atoms with van der Waals surface area (Å²) in [5.74, 6) is 0.702. The summed E-state index contributed by atoms with van der Waals surface area (Å²) in [5.41, 5.74) is 6.09. The van der Waals surface area contributed by atoms with Crippen molar-refractivity contribution in [2.24, 2.45) is 5.10 Å². The molecule has 0 spiro atoms. The lowest BCUT2D eigenvalue weighted by atomic mass is 10.0. The SMILES string of the molecule is COc1ccc(/C=N\NC(=O)/C(C#N)=C2\CCc3ccccc32)c(OC)c1. The van der Waals surface area contributed by atoms with E-state index < -0.39 is 5.91 Å². The zero-order valence-corrected chi connectivity index (χ0v) is 15.2. The van der Waals surface area contributed by atoms with Crippen LogP contribution in [0, 0.1) is 11.3 Å². The molecule has 1 amide bonds. The Balaban J connectivity index is 1.79. The summed E-state index contributed by atoms with van der Waals surface area (Å²) in [7, 11) is 3.11. The number of nitriles is 1. The van der Waals surface area contributed by atoms with Crippen LogP contribution in [0.5, 0.6) is 11.5 Å². The quantitative estimate of drug-likeness (QED) is 0.384. The minimum atomic E-state index is -0.520. The van der Waals surface area contributed by atoms with Crippen molar-refractivity contribution < 1.29 is 14.3 Å². The first-order valence-electron chi connectivity index (χ1n) is 8.45. The van der Waals surface area contributed by atoms with Crippen LogP contribution in [0.1, 0.15) is 23.1 Å². The molecule has 0 atom stereocenters. The zero-order chi connectivity index (χ0) is 19.2. The Morgan fingerprint density at radius 2 is 2.00 bits per heavy atom. The van der Waals surface area contributed by atoms with Crippen LogP contribution in [0.25, 0.3) is 5.57 Å². The van der Waals surface area contributed by atoms with Crippen LogP contribution in [-0.2, 0) is 11.2 Å². The Hall–Kier alpha value is -3.59. The van der Waals surface area contributed by atoms with Crippen LogP contribution in [0.3, 0.4) is 0 Å². The minimum Gasteiger partial charge on any atom is -0.497 e.